The van der Waals surface area contributed by atoms with Crippen molar-refractivity contribution in [3.8, 4) is 0 Å². The van der Waals surface area contributed by atoms with Crippen LogP contribution >= 0.6 is 0 Å². The van der Waals surface area contributed by atoms with Crippen molar-refractivity contribution < 1.29 is 19.4 Å². The van der Waals surface area contributed by atoms with Crippen LogP contribution in [0.15, 0.2) is 0 Å². The summed E-state index contributed by atoms with van der Waals surface area (Å²) >= 11 is 0. The van der Waals surface area contributed by atoms with Gasteiger partial charge in [-0.25, -0.2) is 0 Å². The van der Waals surface area contributed by atoms with Gasteiger partial charge in [0.15, 0.2) is 0 Å². The normalized spacial score (nSPS) is 25.1. The molecule has 0 spiro atoms. The highest BCUT2D eigenvalue weighted by molar-refractivity contribution is 5.85. The van der Waals surface area contributed by atoms with Crippen LogP contribution < -0.4 is 5.32 Å². The van der Waals surface area contributed by atoms with E-state index in [1.807, 2.05) is 0 Å². The molecular weight excluding hydrogens is 198 g/mol. The summed E-state index contributed by atoms with van der Waals surface area (Å²) in [5.74, 6) is -1.89. The highest BCUT2D eigenvalue weighted by Crippen LogP contribution is 2.31. The number of ether oxygens (including phenoxy) is 1. The van der Waals surface area contributed by atoms with E-state index >= 15 is 0 Å². The molecule has 0 heterocycles. The van der Waals surface area contributed by atoms with Gasteiger partial charge >= 0.3 is 5.97 Å². The number of methoxy groups -OCH3 is 1. The van der Waals surface area contributed by atoms with Gasteiger partial charge in [0.1, 0.15) is 0 Å². The molecule has 0 aromatic rings. The minimum atomic E-state index is -0.862. The summed E-state index contributed by atoms with van der Waals surface area (Å²) in [4.78, 5) is 22.4. The van der Waals surface area contributed by atoms with Crippen molar-refractivity contribution in [1.29, 1.82) is 0 Å². The number of carboxylic acids is 1. The first kappa shape index (κ1) is 12.0. The Morgan fingerprint density at radius 1 is 1.40 bits per heavy atom. The van der Waals surface area contributed by atoms with Gasteiger partial charge in [-0.1, -0.05) is 6.42 Å². The molecule has 0 radical (unpaired) electrons. The molecule has 86 valence electrons. The second-order valence-corrected chi connectivity index (χ2v) is 3.77. The van der Waals surface area contributed by atoms with E-state index in [0.717, 1.165) is 6.42 Å². The van der Waals surface area contributed by atoms with Crippen molar-refractivity contribution in [2.45, 2.75) is 19.3 Å². The van der Waals surface area contributed by atoms with Crippen molar-refractivity contribution in [2.75, 3.05) is 20.3 Å². The topological polar surface area (TPSA) is 75.6 Å². The minimum Gasteiger partial charge on any atom is -0.481 e. The van der Waals surface area contributed by atoms with Crippen LogP contribution in [-0.4, -0.2) is 37.2 Å². The van der Waals surface area contributed by atoms with E-state index in [-0.39, 0.29) is 11.8 Å². The van der Waals surface area contributed by atoms with Gasteiger partial charge in [-0.3, -0.25) is 9.59 Å². The lowest BCUT2D eigenvalue weighted by atomic mass is 9.95. The molecule has 0 aliphatic heterocycles. The third kappa shape index (κ3) is 3.20. The van der Waals surface area contributed by atoms with Crippen LogP contribution in [0.5, 0.6) is 0 Å². The summed E-state index contributed by atoms with van der Waals surface area (Å²) in [6, 6.07) is 0. The summed E-state index contributed by atoms with van der Waals surface area (Å²) in [7, 11) is 1.56. The number of hydrogen-bond acceptors (Lipinski definition) is 3. The first-order valence-corrected chi connectivity index (χ1v) is 5.16. The van der Waals surface area contributed by atoms with Gasteiger partial charge < -0.3 is 15.2 Å². The summed E-state index contributed by atoms with van der Waals surface area (Å²) in [5.41, 5.74) is 0. The summed E-state index contributed by atoms with van der Waals surface area (Å²) in [6.45, 7) is 0.897. The average Bonchev–Trinajstić information content (AvgIpc) is 2.66. The van der Waals surface area contributed by atoms with E-state index in [2.05, 4.69) is 5.32 Å². The van der Waals surface area contributed by atoms with Gasteiger partial charge in [-0.05, 0) is 12.8 Å². The zero-order valence-electron chi connectivity index (χ0n) is 8.86. The summed E-state index contributed by atoms with van der Waals surface area (Å²) in [5, 5.41) is 11.6. The zero-order valence-corrected chi connectivity index (χ0v) is 8.86. The lowest BCUT2D eigenvalue weighted by Gasteiger charge is -2.15. The molecule has 1 aliphatic carbocycles. The predicted molar refractivity (Wildman–Crippen MR) is 53.4 cm³/mol. The van der Waals surface area contributed by atoms with E-state index in [4.69, 9.17) is 9.84 Å². The maximum absolute atomic E-state index is 11.6. The quantitative estimate of drug-likeness (QED) is 0.644. The van der Waals surface area contributed by atoms with Crippen LogP contribution in [0, 0.1) is 11.8 Å². The van der Waals surface area contributed by atoms with E-state index in [1.54, 1.807) is 7.11 Å². The van der Waals surface area contributed by atoms with Gasteiger partial charge in [0, 0.05) is 13.7 Å². The van der Waals surface area contributed by atoms with Gasteiger partial charge in [-0.15, -0.1) is 0 Å². The first-order valence-electron chi connectivity index (χ1n) is 5.16. The largest absolute Gasteiger partial charge is 0.481 e. The van der Waals surface area contributed by atoms with E-state index in [1.165, 1.54) is 0 Å². The Kier molecular flexibility index (Phi) is 4.55. The molecule has 5 nitrogen and oxygen atoms in total. The lowest BCUT2D eigenvalue weighted by Crippen LogP contribution is -2.36. The molecular formula is C10H17NO4. The molecule has 1 rings (SSSR count). The molecule has 2 N–H and O–H groups in total. The van der Waals surface area contributed by atoms with Crippen molar-refractivity contribution in [3.63, 3.8) is 0 Å². The third-order valence-electron chi connectivity index (χ3n) is 2.78. The molecule has 15 heavy (non-hydrogen) atoms. The monoisotopic (exact) mass is 215 g/mol. The molecule has 0 saturated heterocycles. The Morgan fingerprint density at radius 3 is 2.67 bits per heavy atom. The molecule has 0 aromatic carbocycles. The molecule has 1 fully saturated rings. The summed E-state index contributed by atoms with van der Waals surface area (Å²) < 4.78 is 4.80. The molecule has 1 aliphatic rings. The molecule has 0 aromatic heterocycles. The Bertz CT molecular complexity index is 242. The van der Waals surface area contributed by atoms with Gasteiger partial charge in [-0.2, -0.15) is 0 Å². The van der Waals surface area contributed by atoms with Crippen molar-refractivity contribution in [3.05, 3.63) is 0 Å². The number of nitrogens with one attached hydrogen (secondary N) is 1. The molecule has 0 bridgehead atoms. The van der Waals surface area contributed by atoms with Crippen molar-refractivity contribution >= 4 is 11.9 Å². The number of carbonyl (C=O) groups is 2. The van der Waals surface area contributed by atoms with E-state index in [9.17, 15) is 9.59 Å². The third-order valence-corrected chi connectivity index (χ3v) is 2.78. The molecule has 1 saturated carbocycles. The second kappa shape index (κ2) is 5.70. The van der Waals surface area contributed by atoms with Crippen LogP contribution in [0.4, 0.5) is 0 Å². The van der Waals surface area contributed by atoms with Crippen LogP contribution in [0.25, 0.3) is 0 Å². The zero-order chi connectivity index (χ0) is 11.3. The fraction of sp³-hybridized carbons (Fsp3) is 0.800. The minimum absolute atomic E-state index is 0.156. The number of rotatable bonds is 5. The van der Waals surface area contributed by atoms with Crippen LogP contribution in [0.1, 0.15) is 19.3 Å². The molecule has 2 atom stereocenters. The maximum Gasteiger partial charge on any atom is 0.307 e. The smallest absolute Gasteiger partial charge is 0.307 e. The highest BCUT2D eigenvalue weighted by atomic mass is 16.5. The second-order valence-electron chi connectivity index (χ2n) is 3.77. The number of amides is 1. The number of hydrogen-bond donors (Lipinski definition) is 2. The average molecular weight is 215 g/mol. The number of carboxylic acid groups (broad SMARTS) is 1. The first-order chi connectivity index (χ1) is 7.16. The van der Waals surface area contributed by atoms with Crippen LogP contribution in [0.3, 0.4) is 0 Å². The SMILES string of the molecule is COCCNC(=O)C1CCCC1C(=O)O. The Labute approximate surface area is 88.8 Å². The van der Waals surface area contributed by atoms with E-state index < -0.39 is 11.9 Å². The van der Waals surface area contributed by atoms with Gasteiger partial charge in [0.25, 0.3) is 0 Å². The van der Waals surface area contributed by atoms with Crippen molar-refractivity contribution in [1.82, 2.24) is 5.32 Å². The predicted octanol–water partition coefficient (Wildman–Crippen LogP) is 0.250. The van der Waals surface area contributed by atoms with Gasteiger partial charge in [0.05, 0.1) is 18.4 Å². The lowest BCUT2D eigenvalue weighted by molar-refractivity contribution is -0.146. The molecule has 1 amide bonds. The van der Waals surface area contributed by atoms with Crippen LogP contribution in [-0.2, 0) is 14.3 Å². The standard InChI is InChI=1S/C10H17NO4/c1-15-6-5-11-9(12)7-3-2-4-8(7)10(13)14/h7-8H,2-6H2,1H3,(H,11,12)(H,13,14). The number of carbonyl (C=O) groups excluding carboxylic acids is 1. The fourth-order valence-electron chi connectivity index (χ4n) is 1.98. The van der Waals surface area contributed by atoms with Crippen molar-refractivity contribution in [2.24, 2.45) is 11.8 Å². The molecule has 2 unspecified atom stereocenters. The van der Waals surface area contributed by atoms with Crippen LogP contribution in [0.2, 0.25) is 0 Å². The Balaban J connectivity index is 2.40. The maximum atomic E-state index is 11.6. The fourth-order valence-corrected chi connectivity index (χ4v) is 1.98. The number of aliphatic carboxylic acids is 1. The summed E-state index contributed by atoms with van der Waals surface area (Å²) in [6.07, 6.45) is 2.10. The Hall–Kier alpha value is -1.10. The Morgan fingerprint density at radius 2 is 2.07 bits per heavy atom. The van der Waals surface area contributed by atoms with E-state index in [0.29, 0.717) is 26.0 Å². The molecule has 5 heteroatoms. The van der Waals surface area contributed by atoms with Gasteiger partial charge in [0.2, 0.25) is 5.91 Å². The highest BCUT2D eigenvalue weighted by Gasteiger charge is 2.37.